The first-order valence-electron chi connectivity index (χ1n) is 11.6. The zero-order chi connectivity index (χ0) is 26.8. The lowest BCUT2D eigenvalue weighted by Crippen LogP contribution is -2.67. The maximum Gasteiger partial charge on any atom is 0.387 e. The van der Waals surface area contributed by atoms with Gasteiger partial charge in [-0.05, 0) is 49.4 Å². The van der Waals surface area contributed by atoms with E-state index in [1.165, 1.54) is 31.0 Å². The quantitative estimate of drug-likeness (QED) is 0.527. The normalized spacial score (nSPS) is 15.0. The molecule has 0 unspecified atom stereocenters. The van der Waals surface area contributed by atoms with Crippen LogP contribution in [0.15, 0.2) is 36.5 Å². The number of carbonyl (C=O) groups is 3. The molecule has 0 saturated carbocycles. The van der Waals surface area contributed by atoms with Crippen molar-refractivity contribution < 1.29 is 33.0 Å². The number of rotatable bonds is 9. The number of aromatic nitrogens is 1. The lowest BCUT2D eigenvalue weighted by molar-refractivity contribution is -0.155. The molecule has 0 aliphatic carbocycles. The number of benzene rings is 1. The van der Waals surface area contributed by atoms with Crippen molar-refractivity contribution in [2.45, 2.75) is 59.0 Å². The smallest absolute Gasteiger partial charge is 0.387 e. The molecule has 2 amide bonds. The first-order chi connectivity index (χ1) is 16.8. The van der Waals surface area contributed by atoms with Crippen LogP contribution in [0.4, 0.5) is 14.6 Å². The molecule has 1 fully saturated rings. The van der Waals surface area contributed by atoms with Crippen LogP contribution in [0, 0.1) is 12.3 Å². The van der Waals surface area contributed by atoms with Crippen LogP contribution in [0.25, 0.3) is 0 Å². The summed E-state index contributed by atoms with van der Waals surface area (Å²) in [5.74, 6) is -2.35. The molecule has 1 aliphatic heterocycles. The molecule has 194 valence electrons. The summed E-state index contributed by atoms with van der Waals surface area (Å²) in [6.07, 6.45) is 1.20. The molecule has 2 heterocycles. The predicted octanol–water partition coefficient (Wildman–Crippen LogP) is 4.33. The van der Waals surface area contributed by atoms with Crippen molar-refractivity contribution in [1.82, 2.24) is 9.88 Å². The fraction of sp³-hybridized carbons (Fsp3) is 0.462. The number of carbonyl (C=O) groups excluding carboxylic acids is 2. The maximum absolute atomic E-state index is 13.8. The molecule has 1 aromatic heterocycles. The SMILES string of the molecule is Cc1cnc(NC(=O)C2(c3ccccc3C(C)C)CN(C(=O)CC(C)(C)C(=O)O)C2)c(OC(F)F)c1. The molecule has 1 saturated heterocycles. The summed E-state index contributed by atoms with van der Waals surface area (Å²) in [5, 5.41) is 12.0. The minimum atomic E-state index is -3.10. The van der Waals surface area contributed by atoms with Gasteiger partial charge in [0, 0.05) is 25.7 Å². The molecule has 36 heavy (non-hydrogen) atoms. The topological polar surface area (TPSA) is 109 Å². The maximum atomic E-state index is 13.8. The van der Waals surface area contributed by atoms with Gasteiger partial charge >= 0.3 is 12.6 Å². The number of hydrogen-bond acceptors (Lipinski definition) is 5. The van der Waals surface area contributed by atoms with E-state index in [0.29, 0.717) is 11.1 Å². The van der Waals surface area contributed by atoms with Crippen LogP contribution in [0.3, 0.4) is 0 Å². The van der Waals surface area contributed by atoms with E-state index >= 15 is 0 Å². The van der Waals surface area contributed by atoms with E-state index in [4.69, 9.17) is 0 Å². The molecular formula is C26H31F2N3O5. The highest BCUT2D eigenvalue weighted by Crippen LogP contribution is 2.41. The third-order valence-corrected chi connectivity index (χ3v) is 6.42. The van der Waals surface area contributed by atoms with Crippen LogP contribution in [0.5, 0.6) is 5.75 Å². The van der Waals surface area contributed by atoms with Crippen molar-refractivity contribution in [2.24, 2.45) is 5.41 Å². The zero-order valence-corrected chi connectivity index (χ0v) is 21.0. The lowest BCUT2D eigenvalue weighted by atomic mass is 9.69. The molecule has 0 spiro atoms. The van der Waals surface area contributed by atoms with E-state index < -0.39 is 29.3 Å². The standard InChI is InChI=1S/C26H31F2N3O5/c1-15(2)17-8-6-7-9-18(17)26(13-31(14-26)20(32)11-25(4,5)23(34)35)22(33)30-21-19(36-24(27)28)10-16(3)12-29-21/h6-10,12,15,24H,11,13-14H2,1-5H3,(H,34,35)(H,29,30,33). The third-order valence-electron chi connectivity index (χ3n) is 6.42. The Morgan fingerprint density at radius 2 is 1.86 bits per heavy atom. The number of carboxylic acids is 1. The molecule has 1 aliphatic rings. The van der Waals surface area contributed by atoms with Crippen LogP contribution in [0.1, 0.15) is 56.7 Å². The van der Waals surface area contributed by atoms with Gasteiger partial charge in [0.2, 0.25) is 11.8 Å². The summed E-state index contributed by atoms with van der Waals surface area (Å²) in [6, 6.07) is 8.73. The Kier molecular flexibility index (Phi) is 7.66. The second-order valence-electron chi connectivity index (χ2n) is 10.1. The number of pyridine rings is 1. The molecule has 2 N–H and O–H groups in total. The first-order valence-corrected chi connectivity index (χ1v) is 11.6. The number of nitrogens with one attached hydrogen (secondary N) is 1. The minimum absolute atomic E-state index is 0.00793. The van der Waals surface area contributed by atoms with E-state index in [1.807, 2.05) is 32.0 Å². The van der Waals surface area contributed by atoms with Crippen molar-refractivity contribution in [1.29, 1.82) is 0 Å². The summed E-state index contributed by atoms with van der Waals surface area (Å²) in [4.78, 5) is 43.7. The van der Waals surface area contributed by atoms with E-state index in [2.05, 4.69) is 15.0 Å². The number of aliphatic carboxylic acids is 1. The lowest BCUT2D eigenvalue weighted by Gasteiger charge is -2.50. The molecule has 3 rings (SSSR count). The number of alkyl halides is 2. The number of amides is 2. The van der Waals surface area contributed by atoms with Gasteiger partial charge in [0.1, 0.15) is 5.41 Å². The number of nitrogens with zero attached hydrogens (tertiary/aromatic N) is 2. The summed E-state index contributed by atoms with van der Waals surface area (Å²) < 4.78 is 30.5. The highest BCUT2D eigenvalue weighted by molar-refractivity contribution is 6.02. The molecular weight excluding hydrogens is 472 g/mol. The second kappa shape index (κ2) is 10.2. The number of ether oxygens (including phenoxy) is 1. The van der Waals surface area contributed by atoms with Gasteiger partial charge in [0.05, 0.1) is 5.41 Å². The Balaban J connectivity index is 1.96. The van der Waals surface area contributed by atoms with E-state index in [9.17, 15) is 28.3 Å². The molecule has 1 aromatic carbocycles. The number of hydrogen-bond donors (Lipinski definition) is 2. The van der Waals surface area contributed by atoms with Crippen molar-refractivity contribution >= 4 is 23.6 Å². The molecule has 0 bridgehead atoms. The Morgan fingerprint density at radius 3 is 2.44 bits per heavy atom. The van der Waals surface area contributed by atoms with E-state index in [-0.39, 0.29) is 42.9 Å². The highest BCUT2D eigenvalue weighted by atomic mass is 19.3. The first kappa shape index (κ1) is 27.0. The van der Waals surface area contributed by atoms with Gasteiger partial charge in [-0.1, -0.05) is 38.1 Å². The number of halogens is 2. The minimum Gasteiger partial charge on any atom is -0.481 e. The molecule has 8 nitrogen and oxygen atoms in total. The van der Waals surface area contributed by atoms with Crippen LogP contribution in [0.2, 0.25) is 0 Å². The monoisotopic (exact) mass is 503 g/mol. The van der Waals surface area contributed by atoms with Gasteiger partial charge in [-0.15, -0.1) is 0 Å². The molecule has 10 heteroatoms. The summed E-state index contributed by atoms with van der Waals surface area (Å²) in [5.41, 5.74) is -0.252. The summed E-state index contributed by atoms with van der Waals surface area (Å²) in [7, 11) is 0. The largest absolute Gasteiger partial charge is 0.481 e. The predicted molar refractivity (Wildman–Crippen MR) is 129 cm³/mol. The van der Waals surface area contributed by atoms with Gasteiger partial charge in [-0.25, -0.2) is 4.98 Å². The number of anilines is 1. The van der Waals surface area contributed by atoms with Gasteiger partial charge in [-0.2, -0.15) is 8.78 Å². The molecule has 2 aromatic rings. The highest BCUT2D eigenvalue weighted by Gasteiger charge is 2.54. The van der Waals surface area contributed by atoms with Crippen molar-refractivity contribution in [2.75, 3.05) is 18.4 Å². The molecule has 0 radical (unpaired) electrons. The average Bonchev–Trinajstić information content (AvgIpc) is 2.74. The Morgan fingerprint density at radius 1 is 1.22 bits per heavy atom. The Hall–Kier alpha value is -3.56. The van der Waals surface area contributed by atoms with Crippen LogP contribution < -0.4 is 10.1 Å². The van der Waals surface area contributed by atoms with Gasteiger partial charge in [-0.3, -0.25) is 14.4 Å². The summed E-state index contributed by atoms with van der Waals surface area (Å²) in [6.45, 7) is 5.47. The number of likely N-dealkylation sites (tertiary alicyclic amines) is 1. The van der Waals surface area contributed by atoms with Gasteiger partial charge < -0.3 is 20.1 Å². The average molecular weight is 504 g/mol. The fourth-order valence-corrected chi connectivity index (χ4v) is 4.27. The van der Waals surface area contributed by atoms with Crippen LogP contribution >= 0.6 is 0 Å². The van der Waals surface area contributed by atoms with Crippen molar-refractivity contribution in [3.63, 3.8) is 0 Å². The Labute approximate surface area is 208 Å². The number of aryl methyl sites for hydroxylation is 1. The fourth-order valence-electron chi connectivity index (χ4n) is 4.27. The van der Waals surface area contributed by atoms with Crippen LogP contribution in [-0.2, 0) is 19.8 Å². The van der Waals surface area contributed by atoms with Gasteiger partial charge in [0.25, 0.3) is 0 Å². The second-order valence-corrected chi connectivity index (χ2v) is 10.1. The number of carboxylic acid groups (broad SMARTS) is 1. The van der Waals surface area contributed by atoms with E-state index in [1.54, 1.807) is 13.0 Å². The van der Waals surface area contributed by atoms with E-state index in [0.717, 1.165) is 5.56 Å². The third kappa shape index (κ3) is 5.47. The van der Waals surface area contributed by atoms with Gasteiger partial charge in [0.15, 0.2) is 11.6 Å². The van der Waals surface area contributed by atoms with Crippen molar-refractivity contribution in [3.05, 3.63) is 53.2 Å². The Bertz CT molecular complexity index is 1160. The zero-order valence-electron chi connectivity index (χ0n) is 21.0. The summed E-state index contributed by atoms with van der Waals surface area (Å²) >= 11 is 0. The molecule has 0 atom stereocenters. The van der Waals surface area contributed by atoms with Crippen molar-refractivity contribution in [3.8, 4) is 5.75 Å². The van der Waals surface area contributed by atoms with Crippen LogP contribution in [-0.4, -0.2) is 52.5 Å².